The molecule has 0 radical (unpaired) electrons. The van der Waals surface area contributed by atoms with Gasteiger partial charge in [0.2, 0.25) is 0 Å². The van der Waals surface area contributed by atoms with Crippen LogP contribution in [0.25, 0.3) is 0 Å². The molecular weight excluding hydrogens is 735 g/mol. The second kappa shape index (κ2) is 44.1. The maximum atomic E-state index is 12.5. The van der Waals surface area contributed by atoms with Crippen molar-refractivity contribution in [3.05, 3.63) is 24.3 Å². The molecule has 0 amide bonds. The van der Waals surface area contributed by atoms with E-state index in [4.69, 9.17) is 14.0 Å². The van der Waals surface area contributed by atoms with Crippen molar-refractivity contribution >= 4 is 19.8 Å². The van der Waals surface area contributed by atoms with Crippen molar-refractivity contribution in [2.24, 2.45) is 0 Å². The number of hydrogen-bond acceptors (Lipinski definition) is 7. The predicted octanol–water partition coefficient (Wildman–Crippen LogP) is 15.4. The van der Waals surface area contributed by atoms with Crippen molar-refractivity contribution in [1.82, 2.24) is 0 Å². The Morgan fingerprint density at radius 1 is 0.491 bits per heavy atom. The Hall–Kier alpha value is -1.47. The zero-order valence-electron chi connectivity index (χ0n) is 37.5. The van der Waals surface area contributed by atoms with E-state index in [2.05, 4.69) is 42.7 Å². The van der Waals surface area contributed by atoms with E-state index >= 15 is 0 Å². The summed E-state index contributed by atoms with van der Waals surface area (Å²) >= 11 is 0. The van der Waals surface area contributed by atoms with Crippen LogP contribution in [0.15, 0.2) is 24.3 Å². The summed E-state index contributed by atoms with van der Waals surface area (Å²) < 4.78 is 32.1. The van der Waals surface area contributed by atoms with Crippen molar-refractivity contribution in [2.75, 3.05) is 20.3 Å². The first-order valence-corrected chi connectivity index (χ1v) is 25.5. The molecule has 0 aliphatic heterocycles. The summed E-state index contributed by atoms with van der Waals surface area (Å²) in [6.07, 6.45) is 50.9. The second-order valence-corrected chi connectivity index (χ2v) is 17.8. The highest BCUT2D eigenvalue weighted by Crippen LogP contribution is 2.42. The largest absolute Gasteiger partial charge is 0.472 e. The van der Waals surface area contributed by atoms with Gasteiger partial charge in [-0.2, -0.15) is 0 Å². The Kier molecular flexibility index (Phi) is 43.0. The smallest absolute Gasteiger partial charge is 0.462 e. The van der Waals surface area contributed by atoms with Gasteiger partial charge in [0.15, 0.2) is 6.10 Å². The van der Waals surface area contributed by atoms with Crippen molar-refractivity contribution in [2.45, 2.75) is 251 Å². The molecule has 8 nitrogen and oxygen atoms in total. The molecule has 0 saturated carbocycles. The van der Waals surface area contributed by atoms with Crippen LogP contribution in [0.1, 0.15) is 245 Å². The summed E-state index contributed by atoms with van der Waals surface area (Å²) in [5.74, 6) is -0.800. The van der Waals surface area contributed by atoms with Gasteiger partial charge in [-0.05, 0) is 44.9 Å². The maximum Gasteiger partial charge on any atom is 0.472 e. The van der Waals surface area contributed by atoms with E-state index in [1.54, 1.807) is 0 Å². The number of hydrogen-bond donors (Lipinski definition) is 1. The fourth-order valence-corrected chi connectivity index (χ4v) is 7.44. The van der Waals surface area contributed by atoms with Crippen molar-refractivity contribution in [3.8, 4) is 0 Å². The monoisotopic (exact) mass is 827 g/mol. The molecular formula is C48H91O8P. The quantitative estimate of drug-likeness (QED) is 0.0280. The molecule has 57 heavy (non-hydrogen) atoms. The van der Waals surface area contributed by atoms with Crippen LogP contribution in [0.2, 0.25) is 0 Å². The number of allylic oxidation sites excluding steroid dienone is 4. The molecule has 0 heterocycles. The lowest BCUT2D eigenvalue weighted by atomic mass is 10.0. The molecule has 0 aromatic heterocycles. The van der Waals surface area contributed by atoms with Gasteiger partial charge in [-0.15, -0.1) is 0 Å². The molecule has 0 aliphatic rings. The highest BCUT2D eigenvalue weighted by Gasteiger charge is 2.24. The third-order valence-electron chi connectivity index (χ3n) is 10.7. The second-order valence-electron chi connectivity index (χ2n) is 16.3. The normalized spacial score (nSPS) is 13.4. The summed E-state index contributed by atoms with van der Waals surface area (Å²) in [7, 11) is -3.20. The van der Waals surface area contributed by atoms with Crippen LogP contribution < -0.4 is 0 Å². The van der Waals surface area contributed by atoms with Gasteiger partial charge in [0.1, 0.15) is 6.61 Å². The summed E-state index contributed by atoms with van der Waals surface area (Å²) in [6, 6.07) is 0. The molecule has 0 aromatic carbocycles. The van der Waals surface area contributed by atoms with Crippen LogP contribution in [-0.4, -0.2) is 43.3 Å². The zero-order chi connectivity index (χ0) is 41.8. The SMILES string of the molecule is CCCCC/C=C\C/C=C\CCCCCCCCCC(=O)OC(COC(=O)CCCCCCCCCCCCCCCCCCCCCCC)COP(=O)(O)OC. The Labute approximate surface area is 352 Å². The minimum absolute atomic E-state index is 0.224. The van der Waals surface area contributed by atoms with E-state index in [0.29, 0.717) is 12.8 Å². The lowest BCUT2D eigenvalue weighted by Gasteiger charge is -2.19. The van der Waals surface area contributed by atoms with Gasteiger partial charge in [0, 0.05) is 20.0 Å². The first-order valence-electron chi connectivity index (χ1n) is 24.0. The number of ether oxygens (including phenoxy) is 2. The average molecular weight is 827 g/mol. The minimum atomic E-state index is -4.26. The van der Waals surface area contributed by atoms with E-state index in [9.17, 15) is 19.0 Å². The highest BCUT2D eigenvalue weighted by molar-refractivity contribution is 7.47. The van der Waals surface area contributed by atoms with Crippen LogP contribution >= 0.6 is 7.82 Å². The molecule has 9 heteroatoms. The Bertz CT molecular complexity index is 983. The first kappa shape index (κ1) is 55.5. The molecule has 0 fully saturated rings. The van der Waals surface area contributed by atoms with Crippen LogP contribution in [0.3, 0.4) is 0 Å². The van der Waals surface area contributed by atoms with Crippen LogP contribution in [0, 0.1) is 0 Å². The average Bonchev–Trinajstić information content (AvgIpc) is 3.20. The van der Waals surface area contributed by atoms with E-state index in [0.717, 1.165) is 58.5 Å². The van der Waals surface area contributed by atoms with E-state index in [1.807, 2.05) is 0 Å². The Balaban J connectivity index is 3.90. The number of phosphoric acid groups is 1. The number of carbonyl (C=O) groups excluding carboxylic acids is 2. The summed E-state index contributed by atoms with van der Waals surface area (Å²) in [4.78, 5) is 34.6. The maximum absolute atomic E-state index is 12.5. The molecule has 0 spiro atoms. The van der Waals surface area contributed by atoms with Gasteiger partial charge in [0.25, 0.3) is 0 Å². The van der Waals surface area contributed by atoms with Crippen molar-refractivity contribution in [3.63, 3.8) is 0 Å². The minimum Gasteiger partial charge on any atom is -0.462 e. The zero-order valence-corrected chi connectivity index (χ0v) is 38.4. The van der Waals surface area contributed by atoms with Gasteiger partial charge >= 0.3 is 19.8 Å². The van der Waals surface area contributed by atoms with E-state index in [1.165, 1.54) is 161 Å². The summed E-state index contributed by atoms with van der Waals surface area (Å²) in [5.41, 5.74) is 0. The van der Waals surface area contributed by atoms with Crippen molar-refractivity contribution in [1.29, 1.82) is 0 Å². The molecule has 0 saturated heterocycles. The van der Waals surface area contributed by atoms with Crippen LogP contribution in [0.4, 0.5) is 0 Å². The number of esters is 2. The Morgan fingerprint density at radius 3 is 1.26 bits per heavy atom. The molecule has 1 N–H and O–H groups in total. The molecule has 2 atom stereocenters. The number of rotatable bonds is 45. The fourth-order valence-electron chi connectivity index (χ4n) is 6.98. The number of unbranched alkanes of at least 4 members (excludes halogenated alkanes) is 30. The van der Waals surface area contributed by atoms with Crippen LogP contribution in [0.5, 0.6) is 0 Å². The Morgan fingerprint density at radius 2 is 0.842 bits per heavy atom. The van der Waals surface area contributed by atoms with Gasteiger partial charge in [-0.3, -0.25) is 18.6 Å². The summed E-state index contributed by atoms with van der Waals surface area (Å²) in [5, 5.41) is 0. The number of carbonyl (C=O) groups is 2. The van der Waals surface area contributed by atoms with Gasteiger partial charge < -0.3 is 14.4 Å². The van der Waals surface area contributed by atoms with Crippen LogP contribution in [-0.2, 0) is 32.7 Å². The summed E-state index contributed by atoms with van der Waals surface area (Å²) in [6.45, 7) is 3.89. The fraction of sp³-hybridized carbons (Fsp3) is 0.875. The highest BCUT2D eigenvalue weighted by atomic mass is 31.2. The standard InChI is InChI=1S/C48H91O8P/c1-4-6-8-10-12-14-16-18-20-22-23-24-25-27-28-30-32-34-36-38-40-42-47(49)54-44-46(45-55-57(51,52)53-3)56-48(50)43-41-39-37-35-33-31-29-26-21-19-17-15-13-11-9-7-5-2/h13,15,19,21,46H,4-12,14,16-18,20,22-45H2,1-3H3,(H,51,52)/b15-13-,21-19-. The van der Waals surface area contributed by atoms with Gasteiger partial charge in [-0.25, -0.2) is 4.57 Å². The topological polar surface area (TPSA) is 108 Å². The lowest BCUT2D eigenvalue weighted by molar-refractivity contribution is -0.161. The lowest BCUT2D eigenvalue weighted by Crippen LogP contribution is -2.29. The molecule has 0 rings (SSSR count). The first-order chi connectivity index (χ1) is 27.8. The third kappa shape index (κ3) is 43.9. The molecule has 2 unspecified atom stereocenters. The third-order valence-corrected chi connectivity index (χ3v) is 11.6. The molecule has 336 valence electrons. The van der Waals surface area contributed by atoms with Gasteiger partial charge in [-0.1, -0.05) is 212 Å². The van der Waals surface area contributed by atoms with Gasteiger partial charge in [0.05, 0.1) is 6.61 Å². The molecule has 0 aromatic rings. The molecule has 0 aliphatic carbocycles. The van der Waals surface area contributed by atoms with E-state index < -0.39 is 26.5 Å². The molecule has 0 bridgehead atoms. The van der Waals surface area contributed by atoms with E-state index in [-0.39, 0.29) is 19.0 Å². The number of phosphoric ester groups is 1. The van der Waals surface area contributed by atoms with Crippen molar-refractivity contribution < 1.29 is 37.6 Å². The predicted molar refractivity (Wildman–Crippen MR) is 239 cm³/mol.